The van der Waals surface area contributed by atoms with Crippen molar-refractivity contribution in [3.05, 3.63) is 35.9 Å². The van der Waals surface area contributed by atoms with Gasteiger partial charge in [-0.25, -0.2) is 0 Å². The van der Waals surface area contributed by atoms with Crippen molar-refractivity contribution >= 4 is 5.91 Å². The van der Waals surface area contributed by atoms with Crippen LogP contribution >= 0.6 is 0 Å². The molecule has 0 aromatic heterocycles. The summed E-state index contributed by atoms with van der Waals surface area (Å²) >= 11 is 0. The molecule has 0 heterocycles. The first kappa shape index (κ1) is 15.7. The second-order valence-electron chi connectivity index (χ2n) is 5.26. The molecule has 0 aliphatic carbocycles. The third kappa shape index (κ3) is 5.85. The molecule has 0 saturated carbocycles. The van der Waals surface area contributed by atoms with E-state index in [1.54, 1.807) is 0 Å². The van der Waals surface area contributed by atoms with Crippen LogP contribution in [0.15, 0.2) is 30.3 Å². The van der Waals surface area contributed by atoms with Gasteiger partial charge in [-0.15, -0.1) is 0 Å². The van der Waals surface area contributed by atoms with Gasteiger partial charge in [-0.05, 0) is 26.5 Å². The molecule has 1 aromatic rings. The fraction of sp³-hybridized carbons (Fsp3) is 0.533. The molecule has 4 nitrogen and oxygen atoms in total. The standard InChI is InChI=1S/C15H25N3O/c1-12(2)17-15(19)11-18(3)10-14(9-16)13-7-5-4-6-8-13/h4-8,12,14H,9-11,16H2,1-3H3,(H,17,19). The van der Waals surface area contributed by atoms with Crippen molar-refractivity contribution in [1.82, 2.24) is 10.2 Å². The third-order valence-corrected chi connectivity index (χ3v) is 2.95. The van der Waals surface area contributed by atoms with Gasteiger partial charge in [-0.3, -0.25) is 9.69 Å². The van der Waals surface area contributed by atoms with Crippen LogP contribution in [-0.4, -0.2) is 43.5 Å². The van der Waals surface area contributed by atoms with Crippen molar-refractivity contribution < 1.29 is 4.79 Å². The van der Waals surface area contributed by atoms with Gasteiger partial charge >= 0.3 is 0 Å². The highest BCUT2D eigenvalue weighted by Crippen LogP contribution is 2.14. The number of amides is 1. The first-order chi connectivity index (χ1) is 9.02. The van der Waals surface area contributed by atoms with Crippen LogP contribution in [0.5, 0.6) is 0 Å². The average molecular weight is 263 g/mol. The van der Waals surface area contributed by atoms with E-state index in [2.05, 4.69) is 17.4 Å². The lowest BCUT2D eigenvalue weighted by molar-refractivity contribution is -0.122. The lowest BCUT2D eigenvalue weighted by Crippen LogP contribution is -2.40. The summed E-state index contributed by atoms with van der Waals surface area (Å²) in [6.45, 7) is 5.70. The summed E-state index contributed by atoms with van der Waals surface area (Å²) in [5, 5.41) is 2.89. The molecule has 1 atom stereocenters. The molecule has 106 valence electrons. The van der Waals surface area contributed by atoms with Gasteiger partial charge in [0.15, 0.2) is 0 Å². The average Bonchev–Trinajstić information content (AvgIpc) is 2.35. The molecule has 1 unspecified atom stereocenters. The van der Waals surface area contributed by atoms with Gasteiger partial charge in [-0.1, -0.05) is 30.3 Å². The normalized spacial score (nSPS) is 12.7. The second-order valence-corrected chi connectivity index (χ2v) is 5.26. The van der Waals surface area contributed by atoms with E-state index in [0.29, 0.717) is 13.1 Å². The Morgan fingerprint density at radius 3 is 2.47 bits per heavy atom. The molecule has 19 heavy (non-hydrogen) atoms. The largest absolute Gasteiger partial charge is 0.353 e. The first-order valence-corrected chi connectivity index (χ1v) is 6.75. The van der Waals surface area contributed by atoms with Gasteiger partial charge in [-0.2, -0.15) is 0 Å². The Bertz CT molecular complexity index is 378. The molecule has 1 amide bonds. The van der Waals surface area contributed by atoms with Crippen LogP contribution < -0.4 is 11.1 Å². The minimum absolute atomic E-state index is 0.0568. The maximum absolute atomic E-state index is 11.7. The number of hydrogen-bond acceptors (Lipinski definition) is 3. The lowest BCUT2D eigenvalue weighted by atomic mass is 9.99. The summed E-state index contributed by atoms with van der Waals surface area (Å²) in [6.07, 6.45) is 0. The van der Waals surface area contributed by atoms with Gasteiger partial charge in [0.2, 0.25) is 5.91 Å². The van der Waals surface area contributed by atoms with Crippen molar-refractivity contribution in [3.63, 3.8) is 0 Å². The van der Waals surface area contributed by atoms with Crippen LogP contribution in [-0.2, 0) is 4.79 Å². The lowest BCUT2D eigenvalue weighted by Gasteiger charge is -2.23. The van der Waals surface area contributed by atoms with Crippen molar-refractivity contribution in [2.45, 2.75) is 25.8 Å². The molecule has 0 aliphatic rings. The first-order valence-electron chi connectivity index (χ1n) is 6.75. The number of nitrogens with zero attached hydrogens (tertiary/aromatic N) is 1. The number of carbonyl (C=O) groups is 1. The number of benzene rings is 1. The van der Waals surface area contributed by atoms with Gasteiger partial charge in [0.1, 0.15) is 0 Å². The molecule has 0 saturated heterocycles. The minimum Gasteiger partial charge on any atom is -0.353 e. The van der Waals surface area contributed by atoms with E-state index >= 15 is 0 Å². The molecule has 0 bridgehead atoms. The summed E-state index contributed by atoms with van der Waals surface area (Å²) in [7, 11) is 1.95. The van der Waals surface area contributed by atoms with Gasteiger partial charge < -0.3 is 11.1 Å². The van der Waals surface area contributed by atoms with E-state index in [-0.39, 0.29) is 17.9 Å². The van der Waals surface area contributed by atoms with Crippen LogP contribution in [0.25, 0.3) is 0 Å². The highest BCUT2D eigenvalue weighted by Gasteiger charge is 2.14. The summed E-state index contributed by atoms with van der Waals surface area (Å²) in [5.41, 5.74) is 7.06. The fourth-order valence-electron chi connectivity index (χ4n) is 2.09. The number of hydrogen-bond donors (Lipinski definition) is 2. The molecule has 0 fully saturated rings. The fourth-order valence-corrected chi connectivity index (χ4v) is 2.09. The number of rotatable bonds is 7. The molecule has 0 radical (unpaired) electrons. The van der Waals surface area contributed by atoms with Crippen LogP contribution in [0, 0.1) is 0 Å². The minimum atomic E-state index is 0.0568. The molecular formula is C15H25N3O. The SMILES string of the molecule is CC(C)NC(=O)CN(C)CC(CN)c1ccccc1. The number of nitrogens with one attached hydrogen (secondary N) is 1. The number of likely N-dealkylation sites (N-methyl/N-ethyl adjacent to an activating group) is 1. The third-order valence-electron chi connectivity index (χ3n) is 2.95. The molecular weight excluding hydrogens is 238 g/mol. The molecule has 0 aliphatic heterocycles. The van der Waals surface area contributed by atoms with E-state index in [9.17, 15) is 4.79 Å². The maximum Gasteiger partial charge on any atom is 0.234 e. The Hall–Kier alpha value is -1.39. The van der Waals surface area contributed by atoms with Crippen molar-refractivity contribution in [3.8, 4) is 0 Å². The topological polar surface area (TPSA) is 58.4 Å². The van der Waals surface area contributed by atoms with E-state index in [4.69, 9.17) is 5.73 Å². The maximum atomic E-state index is 11.7. The van der Waals surface area contributed by atoms with Crippen LogP contribution in [0.1, 0.15) is 25.3 Å². The Kier molecular flexibility index (Phi) is 6.53. The van der Waals surface area contributed by atoms with E-state index in [0.717, 1.165) is 6.54 Å². The van der Waals surface area contributed by atoms with Crippen molar-refractivity contribution in [2.24, 2.45) is 5.73 Å². The Labute approximate surface area is 116 Å². The number of carbonyl (C=O) groups excluding carboxylic acids is 1. The second kappa shape index (κ2) is 7.92. The summed E-state index contributed by atoms with van der Waals surface area (Å²) < 4.78 is 0. The highest BCUT2D eigenvalue weighted by atomic mass is 16.2. The van der Waals surface area contributed by atoms with E-state index in [1.165, 1.54) is 5.56 Å². The molecule has 1 aromatic carbocycles. The van der Waals surface area contributed by atoms with Crippen molar-refractivity contribution in [2.75, 3.05) is 26.7 Å². The monoisotopic (exact) mass is 263 g/mol. The molecule has 3 N–H and O–H groups in total. The Balaban J connectivity index is 2.50. The number of nitrogens with two attached hydrogens (primary N) is 1. The Morgan fingerprint density at radius 2 is 1.95 bits per heavy atom. The summed E-state index contributed by atoms with van der Waals surface area (Å²) in [6, 6.07) is 10.4. The molecule has 4 heteroatoms. The zero-order valence-electron chi connectivity index (χ0n) is 12.1. The molecule has 1 rings (SSSR count). The van der Waals surface area contributed by atoms with Crippen molar-refractivity contribution in [1.29, 1.82) is 0 Å². The van der Waals surface area contributed by atoms with E-state index in [1.807, 2.05) is 44.0 Å². The predicted molar refractivity (Wildman–Crippen MR) is 79.0 cm³/mol. The smallest absolute Gasteiger partial charge is 0.234 e. The summed E-state index contributed by atoms with van der Waals surface area (Å²) in [4.78, 5) is 13.7. The van der Waals surface area contributed by atoms with Crippen LogP contribution in [0.3, 0.4) is 0 Å². The zero-order valence-corrected chi connectivity index (χ0v) is 12.1. The van der Waals surface area contributed by atoms with Crippen LogP contribution in [0.4, 0.5) is 0 Å². The van der Waals surface area contributed by atoms with E-state index < -0.39 is 0 Å². The summed E-state index contributed by atoms with van der Waals surface area (Å²) in [5.74, 6) is 0.319. The zero-order chi connectivity index (χ0) is 14.3. The van der Waals surface area contributed by atoms with Crippen LogP contribution in [0.2, 0.25) is 0 Å². The van der Waals surface area contributed by atoms with Gasteiger partial charge in [0, 0.05) is 25.0 Å². The van der Waals surface area contributed by atoms with Gasteiger partial charge in [0.25, 0.3) is 0 Å². The predicted octanol–water partition coefficient (Wildman–Crippen LogP) is 1.19. The quantitative estimate of drug-likeness (QED) is 0.777. The molecule has 0 spiro atoms. The Morgan fingerprint density at radius 1 is 1.32 bits per heavy atom. The van der Waals surface area contributed by atoms with Gasteiger partial charge in [0.05, 0.1) is 6.54 Å². The highest BCUT2D eigenvalue weighted by molar-refractivity contribution is 5.78.